The molecule has 2 fully saturated rings. The molecule has 2 bridgehead atoms. The summed E-state index contributed by atoms with van der Waals surface area (Å²) in [5.41, 5.74) is 4.09. The molecule has 0 aromatic heterocycles. The van der Waals surface area contributed by atoms with Gasteiger partial charge in [-0.05, 0) is 61.0 Å². The summed E-state index contributed by atoms with van der Waals surface area (Å²) in [7, 11) is 0. The van der Waals surface area contributed by atoms with E-state index in [0.29, 0.717) is 11.8 Å². The highest BCUT2D eigenvalue weighted by Crippen LogP contribution is 2.67. The SMILES string of the molecule is CC(=O)OCC1=C[C@@]2(O)O[C@@H]1C[C@@H]1C3=C(C(C)C)CC[C@]3(C)CC[C@]12C. The molecule has 0 aromatic carbocycles. The van der Waals surface area contributed by atoms with Crippen molar-refractivity contribution in [2.45, 2.75) is 78.6 Å². The average Bonchev–Trinajstić information content (AvgIpc) is 3.05. The zero-order valence-electron chi connectivity index (χ0n) is 16.7. The lowest BCUT2D eigenvalue weighted by Gasteiger charge is -2.57. The molecule has 2 aliphatic carbocycles. The molecule has 2 heterocycles. The highest BCUT2D eigenvalue weighted by atomic mass is 16.6. The lowest BCUT2D eigenvalue weighted by molar-refractivity contribution is -0.288. The van der Waals surface area contributed by atoms with Crippen LogP contribution in [0.2, 0.25) is 0 Å². The lowest BCUT2D eigenvalue weighted by atomic mass is 9.52. The maximum absolute atomic E-state index is 11.5. The predicted octanol–water partition coefficient (Wildman–Crippen LogP) is 4.14. The number of hydrogen-bond acceptors (Lipinski definition) is 4. The van der Waals surface area contributed by atoms with Crippen molar-refractivity contribution in [3.63, 3.8) is 0 Å². The Morgan fingerprint density at radius 2 is 2.08 bits per heavy atom. The first-order chi connectivity index (χ1) is 12.1. The highest BCUT2D eigenvalue weighted by Gasteiger charge is 2.65. The minimum Gasteiger partial charge on any atom is -0.461 e. The third kappa shape index (κ3) is 2.37. The van der Waals surface area contributed by atoms with Crippen molar-refractivity contribution in [1.29, 1.82) is 0 Å². The standard InChI is InChI=1S/C22H32O4/c1-13(2)16-6-7-20(4)8-9-21(5)17(19(16)20)10-18-15(12-25-14(3)23)11-22(21,24)26-18/h11,13,17-18,24H,6-10,12H2,1-5H3/t17-,18-,20-,21-,22-/m1/s1. The largest absolute Gasteiger partial charge is 0.461 e. The number of allylic oxidation sites excluding steroid dienone is 2. The van der Waals surface area contributed by atoms with E-state index < -0.39 is 5.79 Å². The number of rotatable bonds is 3. The first kappa shape index (κ1) is 18.2. The van der Waals surface area contributed by atoms with Crippen LogP contribution in [-0.4, -0.2) is 29.6 Å². The zero-order chi connectivity index (χ0) is 18.9. The van der Waals surface area contributed by atoms with Gasteiger partial charge in [0.2, 0.25) is 0 Å². The van der Waals surface area contributed by atoms with Gasteiger partial charge in [0.05, 0.1) is 6.10 Å². The minimum absolute atomic E-state index is 0.152. The summed E-state index contributed by atoms with van der Waals surface area (Å²) >= 11 is 0. The summed E-state index contributed by atoms with van der Waals surface area (Å²) < 4.78 is 11.3. The highest BCUT2D eigenvalue weighted by molar-refractivity contribution is 5.66. The van der Waals surface area contributed by atoms with Gasteiger partial charge in [-0.3, -0.25) is 4.79 Å². The molecule has 0 radical (unpaired) electrons. The molecule has 0 aromatic rings. The molecule has 1 N–H and O–H groups in total. The Balaban J connectivity index is 1.74. The summed E-state index contributed by atoms with van der Waals surface area (Å²) in [6.45, 7) is 10.9. The van der Waals surface area contributed by atoms with Crippen LogP contribution < -0.4 is 0 Å². The van der Waals surface area contributed by atoms with E-state index in [9.17, 15) is 9.90 Å². The monoisotopic (exact) mass is 360 g/mol. The van der Waals surface area contributed by atoms with Gasteiger partial charge >= 0.3 is 5.97 Å². The average molecular weight is 360 g/mol. The number of fused-ring (bicyclic) bond motifs is 6. The maximum Gasteiger partial charge on any atom is 0.302 e. The number of aliphatic hydroxyl groups is 1. The Labute approximate surface area is 156 Å². The topological polar surface area (TPSA) is 55.8 Å². The van der Waals surface area contributed by atoms with E-state index >= 15 is 0 Å². The van der Waals surface area contributed by atoms with Gasteiger partial charge in [-0.2, -0.15) is 0 Å². The fourth-order valence-corrected chi connectivity index (χ4v) is 6.11. The number of carbonyl (C=O) groups is 1. The summed E-state index contributed by atoms with van der Waals surface area (Å²) in [4.78, 5) is 11.2. The van der Waals surface area contributed by atoms with Crippen molar-refractivity contribution in [2.75, 3.05) is 6.61 Å². The smallest absolute Gasteiger partial charge is 0.302 e. The molecular formula is C22H32O4. The Morgan fingerprint density at radius 3 is 2.73 bits per heavy atom. The van der Waals surface area contributed by atoms with Crippen LogP contribution in [0.3, 0.4) is 0 Å². The molecule has 4 aliphatic rings. The number of hydrogen-bond donors (Lipinski definition) is 1. The van der Waals surface area contributed by atoms with Crippen LogP contribution >= 0.6 is 0 Å². The molecule has 2 aliphatic heterocycles. The van der Waals surface area contributed by atoms with Crippen LogP contribution in [0.25, 0.3) is 0 Å². The van der Waals surface area contributed by atoms with E-state index in [1.165, 1.54) is 19.8 Å². The third-order valence-electron chi connectivity index (χ3n) is 7.78. The molecule has 144 valence electrons. The van der Waals surface area contributed by atoms with Crippen LogP contribution in [-0.2, 0) is 14.3 Å². The van der Waals surface area contributed by atoms with Gasteiger partial charge in [0.1, 0.15) is 6.61 Å². The maximum atomic E-state index is 11.5. The Bertz CT molecular complexity index is 705. The van der Waals surface area contributed by atoms with Crippen molar-refractivity contribution in [3.8, 4) is 0 Å². The number of ether oxygens (including phenoxy) is 2. The van der Waals surface area contributed by atoms with E-state index in [2.05, 4.69) is 27.7 Å². The van der Waals surface area contributed by atoms with Crippen LogP contribution in [0, 0.1) is 22.7 Å². The first-order valence-corrected chi connectivity index (χ1v) is 10.1. The van der Waals surface area contributed by atoms with Gasteiger partial charge in [-0.1, -0.05) is 38.8 Å². The molecule has 5 atom stereocenters. The number of carbonyl (C=O) groups excluding carboxylic acids is 1. The summed E-state index contributed by atoms with van der Waals surface area (Å²) in [5, 5.41) is 11.5. The Kier molecular flexibility index (Phi) is 3.99. The fraction of sp³-hybridized carbons (Fsp3) is 0.773. The normalized spacial score (nSPS) is 44.0. The Hall–Kier alpha value is -1.13. The first-order valence-electron chi connectivity index (χ1n) is 10.1. The van der Waals surface area contributed by atoms with Crippen LogP contribution in [0.1, 0.15) is 66.7 Å². The molecule has 4 heteroatoms. The zero-order valence-corrected chi connectivity index (χ0v) is 16.7. The number of esters is 1. The molecule has 4 rings (SSSR count). The quantitative estimate of drug-likeness (QED) is 0.607. The molecule has 0 unspecified atom stereocenters. The van der Waals surface area contributed by atoms with Gasteiger partial charge in [-0.25, -0.2) is 0 Å². The van der Waals surface area contributed by atoms with E-state index in [1.807, 2.05) is 6.08 Å². The van der Waals surface area contributed by atoms with Gasteiger partial charge in [0.25, 0.3) is 0 Å². The van der Waals surface area contributed by atoms with Crippen molar-refractivity contribution < 1.29 is 19.4 Å². The molecule has 4 nitrogen and oxygen atoms in total. The summed E-state index contributed by atoms with van der Waals surface area (Å²) in [5.74, 6) is -0.667. The molecule has 0 spiro atoms. The van der Waals surface area contributed by atoms with Crippen LogP contribution in [0.4, 0.5) is 0 Å². The Morgan fingerprint density at radius 1 is 1.35 bits per heavy atom. The second-order valence-electron chi connectivity index (χ2n) is 9.66. The summed E-state index contributed by atoms with van der Waals surface area (Å²) in [6.07, 6.45) is 7.08. The van der Waals surface area contributed by atoms with Crippen molar-refractivity contribution in [3.05, 3.63) is 22.8 Å². The van der Waals surface area contributed by atoms with Crippen LogP contribution in [0.15, 0.2) is 22.8 Å². The molecule has 26 heavy (non-hydrogen) atoms. The molecular weight excluding hydrogens is 328 g/mol. The van der Waals surface area contributed by atoms with Crippen LogP contribution in [0.5, 0.6) is 0 Å². The van der Waals surface area contributed by atoms with Crippen molar-refractivity contribution in [1.82, 2.24) is 0 Å². The van der Waals surface area contributed by atoms with Gasteiger partial charge in [0, 0.05) is 12.3 Å². The lowest BCUT2D eigenvalue weighted by Crippen LogP contribution is -2.58. The molecule has 1 saturated carbocycles. The predicted molar refractivity (Wildman–Crippen MR) is 99.2 cm³/mol. The second-order valence-corrected chi connectivity index (χ2v) is 9.66. The van der Waals surface area contributed by atoms with Gasteiger partial charge in [-0.15, -0.1) is 0 Å². The van der Waals surface area contributed by atoms with E-state index in [-0.39, 0.29) is 29.5 Å². The van der Waals surface area contributed by atoms with Crippen molar-refractivity contribution >= 4 is 5.97 Å². The second kappa shape index (κ2) is 5.68. The van der Waals surface area contributed by atoms with Gasteiger partial charge in [0.15, 0.2) is 5.79 Å². The van der Waals surface area contributed by atoms with E-state index in [0.717, 1.165) is 24.8 Å². The van der Waals surface area contributed by atoms with E-state index in [4.69, 9.17) is 9.47 Å². The molecule has 1 saturated heterocycles. The molecule has 0 amide bonds. The van der Waals surface area contributed by atoms with Crippen molar-refractivity contribution in [2.24, 2.45) is 22.7 Å². The minimum atomic E-state index is -1.25. The van der Waals surface area contributed by atoms with E-state index in [1.54, 1.807) is 11.1 Å². The van der Waals surface area contributed by atoms with Gasteiger partial charge < -0.3 is 14.6 Å². The fourth-order valence-electron chi connectivity index (χ4n) is 6.11. The third-order valence-corrected chi connectivity index (χ3v) is 7.78. The summed E-state index contributed by atoms with van der Waals surface area (Å²) in [6, 6.07) is 0.